The molecule has 1 rings (SSSR count). The van der Waals surface area contributed by atoms with Gasteiger partial charge in [0.05, 0.1) is 0 Å². The monoisotopic (exact) mass is 191 g/mol. The predicted octanol–water partition coefficient (Wildman–Crippen LogP) is 2.10. The first kappa shape index (κ1) is 10.8. The summed E-state index contributed by atoms with van der Waals surface area (Å²) in [6, 6.07) is 7.44. The molecule has 0 amide bonds. The topological polar surface area (TPSA) is 32.3 Å². The molecule has 1 aromatic rings. The molecule has 2 nitrogen and oxygen atoms in total. The van der Waals surface area contributed by atoms with E-state index in [1.54, 1.807) is 6.07 Å². The molecular weight excluding hydrogens is 174 g/mol. The number of phenolic OH excluding ortho intramolecular Hbond substituents is 1. The number of allylic oxidation sites excluding steroid dienone is 1. The number of hydrogen-bond acceptors (Lipinski definition) is 2. The fourth-order valence-electron chi connectivity index (χ4n) is 1.24. The molecule has 0 spiro atoms. The Morgan fingerprint density at radius 1 is 1.29 bits per heavy atom. The Labute approximate surface area is 85.3 Å². The van der Waals surface area contributed by atoms with E-state index in [0.717, 1.165) is 24.9 Å². The van der Waals surface area contributed by atoms with Crippen molar-refractivity contribution in [2.75, 3.05) is 13.6 Å². The summed E-state index contributed by atoms with van der Waals surface area (Å²) in [5.74, 6) is 0.380. The molecule has 0 fully saturated rings. The zero-order valence-electron chi connectivity index (χ0n) is 8.53. The van der Waals surface area contributed by atoms with Gasteiger partial charge in [-0.05, 0) is 38.1 Å². The Morgan fingerprint density at radius 2 is 2.07 bits per heavy atom. The van der Waals surface area contributed by atoms with Gasteiger partial charge in [-0.15, -0.1) is 0 Å². The first-order valence-electron chi connectivity index (χ1n) is 4.91. The number of para-hydroxylation sites is 1. The van der Waals surface area contributed by atoms with Crippen molar-refractivity contribution in [3.8, 4) is 5.75 Å². The van der Waals surface area contributed by atoms with Gasteiger partial charge in [-0.25, -0.2) is 0 Å². The van der Waals surface area contributed by atoms with Gasteiger partial charge in [-0.2, -0.15) is 0 Å². The summed E-state index contributed by atoms with van der Waals surface area (Å²) in [6.07, 6.45) is 6.05. The van der Waals surface area contributed by atoms with Crippen molar-refractivity contribution in [2.45, 2.75) is 12.8 Å². The first-order valence-corrected chi connectivity index (χ1v) is 4.91. The molecule has 0 aliphatic rings. The maximum absolute atomic E-state index is 9.47. The number of aromatic hydroxyl groups is 1. The minimum atomic E-state index is 0.380. The van der Waals surface area contributed by atoms with Crippen LogP contribution >= 0.6 is 0 Å². The van der Waals surface area contributed by atoms with E-state index < -0.39 is 0 Å². The van der Waals surface area contributed by atoms with Crippen molar-refractivity contribution >= 4 is 0 Å². The van der Waals surface area contributed by atoms with E-state index in [1.807, 2.05) is 25.2 Å². The third kappa shape index (κ3) is 3.62. The summed E-state index contributed by atoms with van der Waals surface area (Å²) in [6.45, 7) is 0.997. The quantitative estimate of drug-likeness (QED) is 0.552. The highest BCUT2D eigenvalue weighted by Crippen LogP contribution is 2.16. The van der Waals surface area contributed by atoms with Gasteiger partial charge in [0.2, 0.25) is 0 Å². The molecule has 0 atom stereocenters. The fraction of sp³-hybridized carbons (Fsp3) is 0.333. The molecule has 0 aliphatic carbocycles. The van der Waals surface area contributed by atoms with Gasteiger partial charge in [0, 0.05) is 0 Å². The lowest BCUT2D eigenvalue weighted by atomic mass is 10.1. The second-order valence-electron chi connectivity index (χ2n) is 3.20. The van der Waals surface area contributed by atoms with Crippen molar-refractivity contribution in [3.05, 3.63) is 42.0 Å². The Bertz CT molecular complexity index is 294. The Morgan fingerprint density at radius 3 is 2.79 bits per heavy atom. The van der Waals surface area contributed by atoms with Gasteiger partial charge in [-0.3, -0.25) is 0 Å². The number of rotatable bonds is 5. The molecule has 0 aromatic heterocycles. The third-order valence-electron chi connectivity index (χ3n) is 2.06. The molecule has 0 saturated carbocycles. The molecular formula is C12H17NO. The van der Waals surface area contributed by atoms with Crippen LogP contribution in [-0.4, -0.2) is 18.7 Å². The zero-order valence-corrected chi connectivity index (χ0v) is 8.53. The van der Waals surface area contributed by atoms with Crippen LogP contribution in [0.1, 0.15) is 12.0 Å². The van der Waals surface area contributed by atoms with Gasteiger partial charge < -0.3 is 10.4 Å². The Balaban J connectivity index is 2.38. The number of nitrogens with one attached hydrogen (secondary N) is 1. The highest BCUT2D eigenvalue weighted by atomic mass is 16.3. The van der Waals surface area contributed by atoms with E-state index in [0.29, 0.717) is 5.75 Å². The zero-order chi connectivity index (χ0) is 10.2. The van der Waals surface area contributed by atoms with E-state index in [2.05, 4.69) is 17.5 Å². The average molecular weight is 191 g/mol. The lowest BCUT2D eigenvalue weighted by Crippen LogP contribution is -2.05. The van der Waals surface area contributed by atoms with Crippen LogP contribution in [0.3, 0.4) is 0 Å². The first-order chi connectivity index (χ1) is 6.84. The van der Waals surface area contributed by atoms with E-state index in [4.69, 9.17) is 0 Å². The lowest BCUT2D eigenvalue weighted by Gasteiger charge is -1.99. The largest absolute Gasteiger partial charge is 0.508 e. The van der Waals surface area contributed by atoms with Crippen molar-refractivity contribution in [2.24, 2.45) is 0 Å². The Kier molecular flexibility index (Phi) is 4.79. The molecule has 76 valence electrons. The van der Waals surface area contributed by atoms with Crippen LogP contribution in [0.4, 0.5) is 0 Å². The van der Waals surface area contributed by atoms with E-state index in [1.165, 1.54) is 0 Å². The second kappa shape index (κ2) is 6.22. The maximum atomic E-state index is 9.47. The smallest absolute Gasteiger partial charge is 0.119 e. The summed E-state index contributed by atoms with van der Waals surface area (Å²) in [4.78, 5) is 0. The van der Waals surface area contributed by atoms with E-state index >= 15 is 0 Å². The van der Waals surface area contributed by atoms with Crippen molar-refractivity contribution in [1.82, 2.24) is 5.32 Å². The molecule has 0 heterocycles. The fourth-order valence-corrected chi connectivity index (χ4v) is 1.24. The molecule has 0 aliphatic heterocycles. The molecule has 0 radical (unpaired) electrons. The van der Waals surface area contributed by atoms with Crippen LogP contribution in [-0.2, 0) is 6.42 Å². The van der Waals surface area contributed by atoms with Gasteiger partial charge in [0.25, 0.3) is 0 Å². The van der Waals surface area contributed by atoms with Gasteiger partial charge in [-0.1, -0.05) is 30.4 Å². The average Bonchev–Trinajstić information content (AvgIpc) is 2.20. The van der Waals surface area contributed by atoms with Crippen molar-refractivity contribution in [1.29, 1.82) is 0 Å². The standard InChI is InChI=1S/C12H17NO/c1-13-10-6-2-3-7-11-8-4-5-9-12(11)14/h2-5,8-9,13-14H,6-7,10H2,1H3/b3-2-. The molecule has 2 heteroatoms. The van der Waals surface area contributed by atoms with Crippen LogP contribution in [0, 0.1) is 0 Å². The molecule has 0 bridgehead atoms. The summed E-state index contributed by atoms with van der Waals surface area (Å²) in [5, 5.41) is 12.5. The van der Waals surface area contributed by atoms with E-state index in [-0.39, 0.29) is 0 Å². The maximum Gasteiger partial charge on any atom is 0.119 e. The summed E-state index contributed by atoms with van der Waals surface area (Å²) < 4.78 is 0. The Hall–Kier alpha value is -1.28. The lowest BCUT2D eigenvalue weighted by molar-refractivity contribution is 0.469. The SMILES string of the molecule is CNCC/C=C\Cc1ccccc1O. The minimum absolute atomic E-state index is 0.380. The van der Waals surface area contributed by atoms with Crippen molar-refractivity contribution < 1.29 is 5.11 Å². The molecule has 1 aromatic carbocycles. The minimum Gasteiger partial charge on any atom is -0.508 e. The van der Waals surface area contributed by atoms with Crippen LogP contribution in [0.5, 0.6) is 5.75 Å². The normalized spacial score (nSPS) is 10.9. The number of hydrogen-bond donors (Lipinski definition) is 2. The molecule has 14 heavy (non-hydrogen) atoms. The number of phenols is 1. The van der Waals surface area contributed by atoms with Crippen LogP contribution in [0.15, 0.2) is 36.4 Å². The highest BCUT2D eigenvalue weighted by molar-refractivity contribution is 5.33. The molecule has 0 saturated heterocycles. The van der Waals surface area contributed by atoms with Gasteiger partial charge in [0.15, 0.2) is 0 Å². The van der Waals surface area contributed by atoms with Gasteiger partial charge in [0.1, 0.15) is 5.75 Å². The second-order valence-corrected chi connectivity index (χ2v) is 3.20. The summed E-state index contributed by atoms with van der Waals surface area (Å²) >= 11 is 0. The summed E-state index contributed by atoms with van der Waals surface area (Å²) in [5.41, 5.74) is 0.980. The van der Waals surface area contributed by atoms with E-state index in [9.17, 15) is 5.11 Å². The van der Waals surface area contributed by atoms with Crippen LogP contribution in [0.2, 0.25) is 0 Å². The van der Waals surface area contributed by atoms with Gasteiger partial charge >= 0.3 is 0 Å². The number of benzene rings is 1. The molecule has 0 unspecified atom stereocenters. The van der Waals surface area contributed by atoms with Crippen LogP contribution < -0.4 is 5.32 Å². The summed E-state index contributed by atoms with van der Waals surface area (Å²) in [7, 11) is 1.94. The predicted molar refractivity (Wildman–Crippen MR) is 59.5 cm³/mol. The highest BCUT2D eigenvalue weighted by Gasteiger charge is 1.94. The molecule has 2 N–H and O–H groups in total. The van der Waals surface area contributed by atoms with Crippen molar-refractivity contribution in [3.63, 3.8) is 0 Å². The van der Waals surface area contributed by atoms with Crippen LogP contribution in [0.25, 0.3) is 0 Å². The third-order valence-corrected chi connectivity index (χ3v) is 2.06.